The Morgan fingerprint density at radius 3 is 2.32 bits per heavy atom. The number of carbonyl (C=O) groups excluding carboxylic acids is 1. The van der Waals surface area contributed by atoms with Crippen LogP contribution in [-0.4, -0.2) is 35.6 Å². The summed E-state index contributed by atoms with van der Waals surface area (Å²) in [6.45, 7) is 14.0. The molecule has 22 heavy (non-hydrogen) atoms. The van der Waals surface area contributed by atoms with Gasteiger partial charge in [-0.1, -0.05) is 18.2 Å². The number of benzene rings is 1. The lowest BCUT2D eigenvalue weighted by molar-refractivity contribution is -0.129. The molecule has 2 rings (SSSR count). The molecule has 1 heterocycles. The third-order valence-electron chi connectivity index (χ3n) is 4.23. The monoisotopic (exact) mass is 303 g/mol. The predicted molar refractivity (Wildman–Crippen MR) is 92.2 cm³/mol. The van der Waals surface area contributed by atoms with E-state index in [1.54, 1.807) is 0 Å². The number of piperazine rings is 1. The Kier molecular flexibility index (Phi) is 4.26. The van der Waals surface area contributed by atoms with Crippen LogP contribution in [0.3, 0.4) is 0 Å². The Labute approximate surface area is 134 Å². The first-order chi connectivity index (χ1) is 10.0. The summed E-state index contributed by atoms with van der Waals surface area (Å²) in [6.07, 6.45) is 0. The van der Waals surface area contributed by atoms with Gasteiger partial charge in [-0.25, -0.2) is 0 Å². The van der Waals surface area contributed by atoms with Gasteiger partial charge in [0.25, 0.3) is 0 Å². The van der Waals surface area contributed by atoms with Gasteiger partial charge in [-0.3, -0.25) is 4.79 Å². The fourth-order valence-electron chi connectivity index (χ4n) is 2.72. The smallest absolute Gasteiger partial charge is 0.245 e. The van der Waals surface area contributed by atoms with Crippen LogP contribution in [-0.2, 0) is 4.79 Å². The summed E-state index contributed by atoms with van der Waals surface area (Å²) in [5.74, 6) is 0.0702. The van der Waals surface area contributed by atoms with Crippen molar-refractivity contribution in [3.63, 3.8) is 0 Å². The van der Waals surface area contributed by atoms with E-state index in [1.807, 2.05) is 32.0 Å². The highest BCUT2D eigenvalue weighted by atomic mass is 16.2. The van der Waals surface area contributed by atoms with Crippen LogP contribution in [0.2, 0.25) is 0 Å². The first-order valence-corrected chi connectivity index (χ1v) is 7.94. The second-order valence-electron chi connectivity index (χ2n) is 8.10. The topological polar surface area (TPSA) is 44.4 Å². The van der Waals surface area contributed by atoms with Gasteiger partial charge in [0, 0.05) is 24.3 Å². The van der Waals surface area contributed by atoms with E-state index >= 15 is 0 Å². The lowest BCUT2D eigenvalue weighted by Gasteiger charge is -2.51. The molecule has 1 aliphatic rings. The van der Waals surface area contributed by atoms with Crippen molar-refractivity contribution in [2.75, 3.05) is 18.0 Å². The summed E-state index contributed by atoms with van der Waals surface area (Å²) in [5.41, 5.74) is 0.265. The maximum atomic E-state index is 12.7. The summed E-state index contributed by atoms with van der Waals surface area (Å²) < 4.78 is 0. The minimum Gasteiger partial charge on any atom is -0.355 e. The SMILES string of the molecule is CC(C)(C)NCC1(C)CN(c2ccccc2)C(C)(C)C(=O)N1. The molecule has 1 amide bonds. The summed E-state index contributed by atoms with van der Waals surface area (Å²) >= 11 is 0. The molecule has 1 fully saturated rings. The van der Waals surface area contributed by atoms with E-state index in [0.717, 1.165) is 18.8 Å². The van der Waals surface area contributed by atoms with E-state index in [9.17, 15) is 4.79 Å². The van der Waals surface area contributed by atoms with Crippen LogP contribution >= 0.6 is 0 Å². The average molecular weight is 303 g/mol. The molecular weight excluding hydrogens is 274 g/mol. The van der Waals surface area contributed by atoms with Crippen molar-refractivity contribution in [1.29, 1.82) is 0 Å². The fraction of sp³-hybridized carbons (Fsp3) is 0.611. The van der Waals surface area contributed by atoms with E-state index in [0.29, 0.717) is 0 Å². The first kappa shape index (κ1) is 16.8. The highest BCUT2D eigenvalue weighted by Crippen LogP contribution is 2.30. The van der Waals surface area contributed by atoms with E-state index in [-0.39, 0.29) is 17.0 Å². The molecule has 1 saturated heterocycles. The molecule has 4 heteroatoms. The van der Waals surface area contributed by atoms with E-state index < -0.39 is 5.54 Å². The van der Waals surface area contributed by atoms with Crippen molar-refractivity contribution in [3.8, 4) is 0 Å². The minimum atomic E-state index is -0.553. The largest absolute Gasteiger partial charge is 0.355 e. The van der Waals surface area contributed by atoms with Crippen molar-refractivity contribution < 1.29 is 4.79 Å². The van der Waals surface area contributed by atoms with Gasteiger partial charge in [0.1, 0.15) is 5.54 Å². The molecule has 0 radical (unpaired) electrons. The number of nitrogens with one attached hydrogen (secondary N) is 2. The molecule has 1 aromatic rings. The maximum absolute atomic E-state index is 12.7. The molecule has 1 aromatic carbocycles. The number of hydrogen-bond donors (Lipinski definition) is 2. The fourth-order valence-corrected chi connectivity index (χ4v) is 2.72. The second-order valence-corrected chi connectivity index (χ2v) is 8.10. The molecule has 1 unspecified atom stereocenters. The summed E-state index contributed by atoms with van der Waals surface area (Å²) in [6, 6.07) is 10.2. The lowest BCUT2D eigenvalue weighted by atomic mass is 9.88. The van der Waals surface area contributed by atoms with Crippen molar-refractivity contribution in [2.24, 2.45) is 0 Å². The molecule has 4 nitrogen and oxygen atoms in total. The number of carbonyl (C=O) groups is 1. The molecule has 0 spiro atoms. The number of hydrogen-bond acceptors (Lipinski definition) is 3. The molecule has 2 N–H and O–H groups in total. The lowest BCUT2D eigenvalue weighted by Crippen LogP contribution is -2.73. The van der Waals surface area contributed by atoms with Crippen LogP contribution in [0.25, 0.3) is 0 Å². The molecule has 1 atom stereocenters. The molecule has 1 aliphatic heterocycles. The second kappa shape index (κ2) is 5.58. The summed E-state index contributed by atoms with van der Waals surface area (Å²) in [5, 5.41) is 6.72. The quantitative estimate of drug-likeness (QED) is 0.902. The average Bonchev–Trinajstić information content (AvgIpc) is 2.42. The van der Waals surface area contributed by atoms with Gasteiger partial charge >= 0.3 is 0 Å². The number of para-hydroxylation sites is 1. The Balaban J connectivity index is 2.26. The van der Waals surface area contributed by atoms with Crippen LogP contribution in [0.4, 0.5) is 5.69 Å². The van der Waals surface area contributed by atoms with Crippen LogP contribution in [0.1, 0.15) is 41.5 Å². The highest BCUT2D eigenvalue weighted by Gasteiger charge is 2.46. The van der Waals surface area contributed by atoms with E-state index in [1.165, 1.54) is 0 Å². The third-order valence-corrected chi connectivity index (χ3v) is 4.23. The van der Waals surface area contributed by atoms with Crippen LogP contribution in [0.5, 0.6) is 0 Å². The zero-order valence-electron chi connectivity index (χ0n) is 14.7. The zero-order valence-corrected chi connectivity index (χ0v) is 14.7. The molecule has 0 bridgehead atoms. The number of anilines is 1. The van der Waals surface area contributed by atoms with Crippen LogP contribution < -0.4 is 15.5 Å². The molecule has 122 valence electrons. The van der Waals surface area contributed by atoms with E-state index in [2.05, 4.69) is 55.4 Å². The Hall–Kier alpha value is -1.55. The normalized spacial score (nSPS) is 25.0. The van der Waals surface area contributed by atoms with Gasteiger partial charge in [0.15, 0.2) is 0 Å². The Bertz CT molecular complexity index is 533. The van der Waals surface area contributed by atoms with Gasteiger partial charge in [0.05, 0.1) is 5.54 Å². The van der Waals surface area contributed by atoms with Gasteiger partial charge in [0.2, 0.25) is 5.91 Å². The van der Waals surface area contributed by atoms with Crippen molar-refractivity contribution in [3.05, 3.63) is 30.3 Å². The Morgan fingerprint density at radius 1 is 1.18 bits per heavy atom. The van der Waals surface area contributed by atoms with Crippen molar-refractivity contribution >= 4 is 11.6 Å². The molecule has 0 aromatic heterocycles. The van der Waals surface area contributed by atoms with E-state index in [4.69, 9.17) is 0 Å². The van der Waals surface area contributed by atoms with Crippen molar-refractivity contribution in [2.45, 2.75) is 58.2 Å². The maximum Gasteiger partial charge on any atom is 0.245 e. The van der Waals surface area contributed by atoms with Gasteiger partial charge in [-0.05, 0) is 53.7 Å². The first-order valence-electron chi connectivity index (χ1n) is 7.94. The van der Waals surface area contributed by atoms with Gasteiger partial charge in [-0.15, -0.1) is 0 Å². The summed E-state index contributed by atoms with van der Waals surface area (Å²) in [7, 11) is 0. The molecule has 0 saturated carbocycles. The van der Waals surface area contributed by atoms with Crippen LogP contribution in [0.15, 0.2) is 30.3 Å². The number of amides is 1. The number of nitrogens with zero attached hydrogens (tertiary/aromatic N) is 1. The van der Waals surface area contributed by atoms with Crippen LogP contribution in [0, 0.1) is 0 Å². The predicted octanol–water partition coefficient (Wildman–Crippen LogP) is 2.55. The number of rotatable bonds is 3. The standard InChI is InChI=1S/C18H29N3O/c1-16(2,3)19-12-18(6)13-21(14-10-8-7-9-11-14)17(4,5)15(22)20-18/h7-11,19H,12-13H2,1-6H3,(H,20,22). The zero-order chi connectivity index (χ0) is 16.6. The summed E-state index contributed by atoms with van der Waals surface area (Å²) in [4.78, 5) is 14.9. The highest BCUT2D eigenvalue weighted by molar-refractivity contribution is 5.91. The van der Waals surface area contributed by atoms with Crippen molar-refractivity contribution in [1.82, 2.24) is 10.6 Å². The van der Waals surface area contributed by atoms with Gasteiger partial charge in [-0.2, -0.15) is 0 Å². The van der Waals surface area contributed by atoms with Gasteiger partial charge < -0.3 is 15.5 Å². The Morgan fingerprint density at radius 2 is 1.77 bits per heavy atom. The molecule has 0 aliphatic carbocycles. The minimum absolute atomic E-state index is 0.0261. The molecular formula is C18H29N3O. The third kappa shape index (κ3) is 3.61.